The molecule has 0 aromatic rings. The van der Waals surface area contributed by atoms with Crippen LogP contribution in [-0.4, -0.2) is 190 Å². The number of nitrogens with two attached hydrogens (primary N) is 2. The fourth-order valence-corrected chi connectivity index (χ4v) is 5.70. The van der Waals surface area contributed by atoms with E-state index in [0.29, 0.717) is 0 Å². The van der Waals surface area contributed by atoms with Crippen LogP contribution in [0.5, 0.6) is 0 Å². The number of hydrogen-bond acceptors (Lipinski definition) is 18. The van der Waals surface area contributed by atoms with Gasteiger partial charge in [-0.1, -0.05) is 0 Å². The van der Waals surface area contributed by atoms with Gasteiger partial charge in [0.25, 0.3) is 0 Å². The third-order valence-electron chi connectivity index (χ3n) is 8.23. The van der Waals surface area contributed by atoms with Gasteiger partial charge in [-0.15, -0.1) is 0 Å². The summed E-state index contributed by atoms with van der Waals surface area (Å²) in [5.41, 5.74) is 10.5. The molecule has 3 aliphatic rings. The first-order valence-corrected chi connectivity index (χ1v) is 14.5. The first-order valence-electron chi connectivity index (χ1n) is 14.5. The SMILES string of the molecule is CN[C@@H]1[C@@H](O)[C@@H](O[C@H]2[C@H](NCC(O)CN)C[C@H](N)C(O[C@H]3O[C@H](CNCC(O)CO)[C@@H](O)[C@H](O)[C@H]3O)[C@@H]2O)OC[C@]1(C)O. The Morgan fingerprint density at radius 2 is 1.60 bits per heavy atom. The minimum Gasteiger partial charge on any atom is -0.394 e. The standard InChI is InChI=1S/C25H51N5O13/c1-25(39)9-40-23(19(38)22(25)28-2)43-21-13(30-6-10(32)4-26)3-12(27)20(18(21)37)42-24-17(36)16(35)15(34)14(41-24)7-29-5-11(33)8-31/h10-24,28-39H,3-9,26-27H2,1-2H3/t10?,11?,12-,13+,14+,15+,16-,17+,18-,19+,20?,21-,22+,23+,24+,25-/m0/s1. The van der Waals surface area contributed by atoms with Gasteiger partial charge in [0.2, 0.25) is 0 Å². The summed E-state index contributed by atoms with van der Waals surface area (Å²) < 4.78 is 23.3. The number of nitrogens with one attached hydrogen (secondary N) is 3. The predicted octanol–water partition coefficient (Wildman–Crippen LogP) is -8.07. The van der Waals surface area contributed by atoms with E-state index in [0.717, 1.165) is 0 Å². The Balaban J connectivity index is 1.77. The summed E-state index contributed by atoms with van der Waals surface area (Å²) in [6.45, 7) is 0.674. The van der Waals surface area contributed by atoms with E-state index in [4.69, 9.17) is 35.5 Å². The van der Waals surface area contributed by atoms with Crippen LogP contribution in [0.15, 0.2) is 0 Å². The van der Waals surface area contributed by atoms with Crippen molar-refractivity contribution in [3.05, 3.63) is 0 Å². The summed E-state index contributed by atoms with van der Waals surface area (Å²) in [6.07, 6.45) is -16.1. The quantitative estimate of drug-likeness (QED) is 0.0848. The summed E-state index contributed by atoms with van der Waals surface area (Å²) in [6, 6.07) is -2.42. The highest BCUT2D eigenvalue weighted by Gasteiger charge is 2.52. The Hall–Kier alpha value is -0.720. The average Bonchev–Trinajstić information content (AvgIpc) is 2.97. The van der Waals surface area contributed by atoms with Crippen molar-refractivity contribution in [2.45, 2.75) is 111 Å². The van der Waals surface area contributed by atoms with E-state index in [9.17, 15) is 40.9 Å². The van der Waals surface area contributed by atoms with E-state index in [1.54, 1.807) is 7.05 Å². The van der Waals surface area contributed by atoms with Crippen molar-refractivity contribution >= 4 is 0 Å². The molecule has 0 radical (unpaired) electrons. The van der Waals surface area contributed by atoms with E-state index in [-0.39, 0.29) is 39.2 Å². The average molecular weight is 630 g/mol. The van der Waals surface area contributed by atoms with E-state index in [2.05, 4.69) is 16.0 Å². The lowest BCUT2D eigenvalue weighted by molar-refractivity contribution is -0.331. The second-order valence-electron chi connectivity index (χ2n) is 11.8. The molecule has 0 amide bonds. The van der Waals surface area contributed by atoms with Gasteiger partial charge in [0.05, 0.1) is 31.5 Å². The largest absolute Gasteiger partial charge is 0.394 e. The van der Waals surface area contributed by atoms with Gasteiger partial charge < -0.3 is 92.3 Å². The summed E-state index contributed by atoms with van der Waals surface area (Å²) in [7, 11) is 1.56. The second-order valence-corrected chi connectivity index (χ2v) is 11.8. The molecule has 254 valence electrons. The minimum absolute atomic E-state index is 0.0299. The molecular formula is C25H51N5O13. The van der Waals surface area contributed by atoms with Gasteiger partial charge in [0.1, 0.15) is 54.4 Å². The molecule has 43 heavy (non-hydrogen) atoms. The highest BCUT2D eigenvalue weighted by molar-refractivity contribution is 5.03. The lowest BCUT2D eigenvalue weighted by atomic mass is 9.83. The number of hydrogen-bond donors (Lipinski definition) is 14. The van der Waals surface area contributed by atoms with Crippen LogP contribution in [-0.2, 0) is 18.9 Å². The van der Waals surface area contributed by atoms with Gasteiger partial charge in [-0.25, -0.2) is 0 Å². The maximum absolute atomic E-state index is 11.5. The molecule has 16 N–H and O–H groups in total. The summed E-state index contributed by atoms with van der Waals surface area (Å²) in [4.78, 5) is 0. The van der Waals surface area contributed by atoms with Crippen molar-refractivity contribution in [3.63, 3.8) is 0 Å². The van der Waals surface area contributed by atoms with Crippen LogP contribution in [0.25, 0.3) is 0 Å². The van der Waals surface area contributed by atoms with Crippen molar-refractivity contribution in [1.82, 2.24) is 16.0 Å². The zero-order valence-electron chi connectivity index (χ0n) is 24.4. The van der Waals surface area contributed by atoms with Gasteiger partial charge >= 0.3 is 0 Å². The molecule has 3 rings (SSSR count). The lowest BCUT2D eigenvalue weighted by Gasteiger charge is -2.49. The topological polar surface area (TPSA) is 307 Å². The number of rotatable bonds is 14. The van der Waals surface area contributed by atoms with Crippen LogP contribution in [0.2, 0.25) is 0 Å². The van der Waals surface area contributed by atoms with Gasteiger partial charge in [-0.05, 0) is 20.4 Å². The highest BCUT2D eigenvalue weighted by atomic mass is 16.7. The monoisotopic (exact) mass is 629 g/mol. The Labute approximate surface area is 249 Å². The van der Waals surface area contributed by atoms with Crippen molar-refractivity contribution < 1.29 is 64.9 Å². The van der Waals surface area contributed by atoms with E-state index in [1.165, 1.54) is 6.92 Å². The van der Waals surface area contributed by atoms with Gasteiger partial charge in [-0.2, -0.15) is 0 Å². The van der Waals surface area contributed by atoms with E-state index < -0.39 is 104 Å². The zero-order chi connectivity index (χ0) is 32.1. The Bertz CT molecular complexity index is 836. The third-order valence-corrected chi connectivity index (χ3v) is 8.23. The highest BCUT2D eigenvalue weighted by Crippen LogP contribution is 2.32. The van der Waals surface area contributed by atoms with Crippen LogP contribution in [0.3, 0.4) is 0 Å². The maximum atomic E-state index is 11.5. The van der Waals surface area contributed by atoms with Crippen LogP contribution in [0, 0.1) is 0 Å². The van der Waals surface area contributed by atoms with Crippen molar-refractivity contribution in [2.75, 3.05) is 46.4 Å². The number of likely N-dealkylation sites (N-methyl/N-ethyl adjacent to an activating group) is 1. The number of aliphatic hydroxyl groups is 9. The number of aliphatic hydroxyl groups excluding tert-OH is 8. The molecule has 0 spiro atoms. The van der Waals surface area contributed by atoms with Gasteiger partial charge in [0, 0.05) is 38.3 Å². The maximum Gasteiger partial charge on any atom is 0.187 e. The van der Waals surface area contributed by atoms with Crippen LogP contribution in [0.4, 0.5) is 0 Å². The molecule has 3 fully saturated rings. The molecule has 16 atom stereocenters. The van der Waals surface area contributed by atoms with Gasteiger partial charge in [-0.3, -0.25) is 0 Å². The minimum atomic E-state index is -1.73. The number of ether oxygens (including phenoxy) is 4. The zero-order valence-corrected chi connectivity index (χ0v) is 24.4. The van der Waals surface area contributed by atoms with Crippen LogP contribution in [0.1, 0.15) is 13.3 Å². The summed E-state index contributed by atoms with van der Waals surface area (Å²) in [5, 5.41) is 102. The molecule has 1 aliphatic carbocycles. The van der Waals surface area contributed by atoms with Crippen LogP contribution < -0.4 is 27.4 Å². The fraction of sp³-hybridized carbons (Fsp3) is 1.00. The smallest absolute Gasteiger partial charge is 0.187 e. The Morgan fingerprint density at radius 1 is 0.930 bits per heavy atom. The molecule has 1 saturated carbocycles. The van der Waals surface area contributed by atoms with E-state index in [1.807, 2.05) is 0 Å². The molecular weight excluding hydrogens is 578 g/mol. The van der Waals surface area contributed by atoms with Gasteiger partial charge in [0.15, 0.2) is 12.6 Å². The molecule has 2 aliphatic heterocycles. The van der Waals surface area contributed by atoms with Crippen molar-refractivity contribution in [2.24, 2.45) is 11.5 Å². The molecule has 0 aromatic carbocycles. The predicted molar refractivity (Wildman–Crippen MR) is 147 cm³/mol. The Morgan fingerprint density at radius 3 is 2.23 bits per heavy atom. The molecule has 18 heteroatoms. The molecule has 2 heterocycles. The Kier molecular flexibility index (Phi) is 13.9. The summed E-state index contributed by atoms with van der Waals surface area (Å²) >= 11 is 0. The van der Waals surface area contributed by atoms with Crippen molar-refractivity contribution in [1.29, 1.82) is 0 Å². The first-order chi connectivity index (χ1) is 20.2. The van der Waals surface area contributed by atoms with E-state index >= 15 is 0 Å². The van der Waals surface area contributed by atoms with Crippen molar-refractivity contribution in [3.8, 4) is 0 Å². The molecule has 0 bridgehead atoms. The fourth-order valence-electron chi connectivity index (χ4n) is 5.70. The normalized spacial score (nSPS) is 45.6. The molecule has 2 saturated heterocycles. The lowest BCUT2D eigenvalue weighted by Crippen LogP contribution is -2.69. The first kappa shape index (κ1) is 36.7. The summed E-state index contributed by atoms with van der Waals surface area (Å²) in [5.74, 6) is 0. The molecule has 18 nitrogen and oxygen atoms in total. The second kappa shape index (κ2) is 16.2. The molecule has 3 unspecified atom stereocenters. The van der Waals surface area contributed by atoms with Crippen LogP contribution >= 0.6 is 0 Å². The molecule has 0 aromatic heterocycles. The third kappa shape index (κ3) is 8.97.